The minimum absolute atomic E-state index is 0.285. The quantitative estimate of drug-likeness (QED) is 0.216. The highest BCUT2D eigenvalue weighted by molar-refractivity contribution is 7.22. The van der Waals surface area contributed by atoms with Gasteiger partial charge in [0, 0.05) is 11.1 Å². The average Bonchev–Trinajstić information content (AvgIpc) is 3.37. The lowest BCUT2D eigenvalue weighted by Gasteiger charge is -2.12. The molecule has 2 aromatic heterocycles. The third-order valence-corrected chi connectivity index (χ3v) is 7.61. The van der Waals surface area contributed by atoms with Crippen molar-refractivity contribution in [2.75, 3.05) is 11.9 Å². The summed E-state index contributed by atoms with van der Waals surface area (Å²) in [5, 5.41) is 3.17. The number of amides is 1. The summed E-state index contributed by atoms with van der Waals surface area (Å²) in [4.78, 5) is 39.6. The zero-order valence-corrected chi connectivity index (χ0v) is 23.6. The number of thiazole rings is 1. The van der Waals surface area contributed by atoms with Gasteiger partial charge in [0.05, 0.1) is 38.2 Å². The second-order valence-electron chi connectivity index (χ2n) is 9.97. The van der Waals surface area contributed by atoms with E-state index in [0.29, 0.717) is 16.2 Å². The van der Waals surface area contributed by atoms with Crippen LogP contribution in [-0.2, 0) is 9.53 Å². The predicted molar refractivity (Wildman–Crippen MR) is 163 cm³/mol. The van der Waals surface area contributed by atoms with E-state index in [4.69, 9.17) is 14.7 Å². The molecule has 202 valence electrons. The van der Waals surface area contributed by atoms with Crippen LogP contribution in [0.1, 0.15) is 27.0 Å². The molecule has 6 aromatic rings. The number of fused-ring (bicyclic) bond motifs is 2. The van der Waals surface area contributed by atoms with Crippen LogP contribution >= 0.6 is 11.3 Å². The summed E-state index contributed by atoms with van der Waals surface area (Å²) in [5.41, 5.74) is 9.08. The largest absolute Gasteiger partial charge is 0.452 e. The van der Waals surface area contributed by atoms with Crippen molar-refractivity contribution in [2.45, 2.75) is 20.8 Å². The van der Waals surface area contributed by atoms with Crippen molar-refractivity contribution in [2.24, 2.45) is 0 Å². The summed E-state index contributed by atoms with van der Waals surface area (Å²) in [6, 6.07) is 27.2. The van der Waals surface area contributed by atoms with Crippen LogP contribution in [0.15, 0.2) is 84.9 Å². The monoisotopic (exact) mass is 558 g/mol. The molecule has 0 atom stereocenters. The first-order valence-electron chi connectivity index (χ1n) is 13.1. The Labute approximate surface area is 240 Å². The molecule has 0 spiro atoms. The molecule has 0 unspecified atom stereocenters. The van der Waals surface area contributed by atoms with E-state index in [1.165, 1.54) is 11.3 Å². The van der Waals surface area contributed by atoms with E-state index >= 15 is 0 Å². The molecule has 6 rings (SSSR count). The fourth-order valence-electron chi connectivity index (χ4n) is 4.46. The van der Waals surface area contributed by atoms with E-state index in [0.717, 1.165) is 49.4 Å². The summed E-state index contributed by atoms with van der Waals surface area (Å²) < 4.78 is 6.29. The first-order chi connectivity index (χ1) is 19.8. The number of hydrogen-bond acceptors (Lipinski definition) is 7. The first kappa shape index (κ1) is 26.3. The molecule has 8 heteroatoms. The van der Waals surface area contributed by atoms with E-state index in [9.17, 15) is 9.59 Å². The van der Waals surface area contributed by atoms with Gasteiger partial charge in [-0.1, -0.05) is 77.1 Å². The molecule has 1 N–H and O–H groups in total. The average molecular weight is 559 g/mol. The van der Waals surface area contributed by atoms with Crippen LogP contribution in [0.2, 0.25) is 0 Å². The molecular weight excluding hydrogens is 532 g/mol. The second-order valence-corrected chi connectivity index (χ2v) is 11.0. The molecule has 0 radical (unpaired) electrons. The van der Waals surface area contributed by atoms with Gasteiger partial charge >= 0.3 is 5.97 Å². The number of aromatic nitrogens is 3. The van der Waals surface area contributed by atoms with Crippen molar-refractivity contribution >= 4 is 49.6 Å². The Bertz CT molecular complexity index is 1930. The number of anilines is 1. The lowest BCUT2D eigenvalue weighted by molar-refractivity contribution is -0.119. The first-order valence-corrected chi connectivity index (χ1v) is 13.9. The number of esters is 1. The van der Waals surface area contributed by atoms with Gasteiger partial charge in [-0.15, -0.1) is 0 Å². The standard InChI is InChI=1S/C33H26N4O3S/c1-19-4-9-22(10-5-19)30-31(23-11-6-20(2)7-12-23)35-27-17-24(13-15-25(27)34-30)32(39)40-18-29(38)37-33-36-26-14-8-21(3)16-28(26)41-33/h4-17H,18H2,1-3H3,(H,36,37,38). The molecule has 7 nitrogen and oxygen atoms in total. The van der Waals surface area contributed by atoms with Crippen LogP contribution in [-0.4, -0.2) is 33.4 Å². The minimum Gasteiger partial charge on any atom is -0.452 e. The Hall–Kier alpha value is -4.95. The zero-order chi connectivity index (χ0) is 28.5. The van der Waals surface area contributed by atoms with Crippen LogP contribution < -0.4 is 5.32 Å². The molecule has 0 saturated heterocycles. The van der Waals surface area contributed by atoms with E-state index < -0.39 is 18.5 Å². The van der Waals surface area contributed by atoms with Gasteiger partial charge in [0.2, 0.25) is 0 Å². The van der Waals surface area contributed by atoms with Gasteiger partial charge in [-0.25, -0.2) is 19.7 Å². The number of carbonyl (C=O) groups excluding carboxylic acids is 2. The summed E-state index contributed by atoms with van der Waals surface area (Å²) in [6.07, 6.45) is 0. The van der Waals surface area contributed by atoms with Gasteiger partial charge in [0.25, 0.3) is 5.91 Å². The van der Waals surface area contributed by atoms with E-state index in [1.54, 1.807) is 18.2 Å². The van der Waals surface area contributed by atoms with Crippen molar-refractivity contribution in [3.63, 3.8) is 0 Å². The summed E-state index contributed by atoms with van der Waals surface area (Å²) in [7, 11) is 0. The molecule has 2 heterocycles. The van der Waals surface area contributed by atoms with Crippen molar-refractivity contribution in [1.82, 2.24) is 15.0 Å². The maximum absolute atomic E-state index is 12.9. The van der Waals surface area contributed by atoms with Crippen molar-refractivity contribution in [1.29, 1.82) is 0 Å². The number of aryl methyl sites for hydroxylation is 3. The van der Waals surface area contributed by atoms with Crippen LogP contribution in [0.25, 0.3) is 43.8 Å². The molecule has 4 aromatic carbocycles. The Balaban J connectivity index is 1.24. The van der Waals surface area contributed by atoms with Gasteiger partial charge in [0.1, 0.15) is 0 Å². The SMILES string of the molecule is Cc1ccc(-c2nc3ccc(C(=O)OCC(=O)Nc4nc5ccc(C)cc5s4)cc3nc2-c2ccc(C)cc2)cc1. The number of hydrogen-bond donors (Lipinski definition) is 1. The van der Waals surface area contributed by atoms with Crippen LogP contribution in [0.4, 0.5) is 5.13 Å². The van der Waals surface area contributed by atoms with Gasteiger partial charge < -0.3 is 4.74 Å². The Morgan fingerprint density at radius 1 is 0.683 bits per heavy atom. The number of benzene rings is 4. The van der Waals surface area contributed by atoms with Crippen LogP contribution in [0, 0.1) is 20.8 Å². The van der Waals surface area contributed by atoms with Gasteiger partial charge in [-0.3, -0.25) is 10.1 Å². The number of carbonyl (C=O) groups is 2. The Kier molecular flexibility index (Phi) is 6.99. The number of ether oxygens (including phenoxy) is 1. The number of rotatable bonds is 6. The lowest BCUT2D eigenvalue weighted by atomic mass is 10.0. The topological polar surface area (TPSA) is 94.1 Å². The Morgan fingerprint density at radius 2 is 1.27 bits per heavy atom. The predicted octanol–water partition coefficient (Wildman–Crippen LogP) is 7.29. The molecule has 0 bridgehead atoms. The highest BCUT2D eigenvalue weighted by atomic mass is 32.1. The molecule has 0 aliphatic carbocycles. The third kappa shape index (κ3) is 5.69. The van der Waals surface area contributed by atoms with E-state index in [1.807, 2.05) is 87.5 Å². The highest BCUT2D eigenvalue weighted by Crippen LogP contribution is 2.32. The molecule has 0 saturated carbocycles. The maximum Gasteiger partial charge on any atom is 0.338 e. The number of nitrogens with zero attached hydrogens (tertiary/aromatic N) is 3. The maximum atomic E-state index is 12.9. The molecule has 41 heavy (non-hydrogen) atoms. The summed E-state index contributed by atoms with van der Waals surface area (Å²) >= 11 is 1.37. The van der Waals surface area contributed by atoms with Gasteiger partial charge in [-0.2, -0.15) is 0 Å². The smallest absolute Gasteiger partial charge is 0.338 e. The van der Waals surface area contributed by atoms with Crippen LogP contribution in [0.3, 0.4) is 0 Å². The van der Waals surface area contributed by atoms with E-state index in [-0.39, 0.29) is 5.56 Å². The summed E-state index contributed by atoms with van der Waals surface area (Å²) in [6.45, 7) is 5.65. The van der Waals surface area contributed by atoms with Gasteiger partial charge in [-0.05, 0) is 56.7 Å². The zero-order valence-electron chi connectivity index (χ0n) is 22.8. The normalized spacial score (nSPS) is 11.1. The third-order valence-electron chi connectivity index (χ3n) is 6.67. The van der Waals surface area contributed by atoms with Crippen molar-refractivity contribution < 1.29 is 14.3 Å². The second kappa shape index (κ2) is 10.9. The highest BCUT2D eigenvalue weighted by Gasteiger charge is 2.17. The van der Waals surface area contributed by atoms with Crippen molar-refractivity contribution in [3.8, 4) is 22.5 Å². The molecule has 1 amide bonds. The fraction of sp³-hybridized carbons (Fsp3) is 0.121. The van der Waals surface area contributed by atoms with Crippen molar-refractivity contribution in [3.05, 3.63) is 107 Å². The fourth-order valence-corrected chi connectivity index (χ4v) is 5.44. The minimum atomic E-state index is -0.622. The van der Waals surface area contributed by atoms with Gasteiger partial charge in [0.15, 0.2) is 11.7 Å². The molecule has 0 aliphatic rings. The number of nitrogens with one attached hydrogen (secondary N) is 1. The summed E-state index contributed by atoms with van der Waals surface area (Å²) in [5.74, 6) is -1.08. The Morgan fingerprint density at radius 3 is 1.93 bits per heavy atom. The van der Waals surface area contributed by atoms with E-state index in [2.05, 4.69) is 10.3 Å². The molecular formula is C33H26N4O3S. The molecule has 0 aliphatic heterocycles. The lowest BCUT2D eigenvalue weighted by Crippen LogP contribution is -2.20. The molecule has 0 fully saturated rings. The van der Waals surface area contributed by atoms with Crippen LogP contribution in [0.5, 0.6) is 0 Å².